The summed E-state index contributed by atoms with van der Waals surface area (Å²) < 4.78 is 5.56. The number of carboxylic acids is 1. The molecule has 0 aromatic heterocycles. The second-order valence-corrected chi connectivity index (χ2v) is 4.69. The van der Waals surface area contributed by atoms with Crippen molar-refractivity contribution in [3.05, 3.63) is 16.7 Å². The summed E-state index contributed by atoms with van der Waals surface area (Å²) in [5.74, 6) is -0.671. The van der Waals surface area contributed by atoms with Gasteiger partial charge < -0.3 is 20.1 Å². The summed E-state index contributed by atoms with van der Waals surface area (Å²) >= 11 is 6.16. The molecule has 0 atom stereocenters. The molecule has 0 saturated carbocycles. The minimum atomic E-state index is -1.04. The van der Waals surface area contributed by atoms with Crippen LogP contribution in [0.25, 0.3) is 0 Å². The topological polar surface area (TPSA) is 61.8 Å². The molecule has 98 valence electrons. The molecule has 18 heavy (non-hydrogen) atoms. The molecular weight excluding hydrogens is 256 g/mol. The van der Waals surface area contributed by atoms with Crippen LogP contribution in [-0.4, -0.2) is 38.3 Å². The van der Waals surface area contributed by atoms with Crippen molar-refractivity contribution >= 4 is 28.9 Å². The van der Waals surface area contributed by atoms with Crippen LogP contribution in [0.1, 0.15) is 16.8 Å². The lowest BCUT2D eigenvalue weighted by atomic mass is 10.1. The first-order valence-corrected chi connectivity index (χ1v) is 6.04. The molecule has 0 unspecified atom stereocenters. The molecule has 6 heteroatoms. The van der Waals surface area contributed by atoms with Gasteiger partial charge in [0.25, 0.3) is 0 Å². The van der Waals surface area contributed by atoms with Gasteiger partial charge in [0.05, 0.1) is 17.3 Å². The maximum atomic E-state index is 11.2. The van der Waals surface area contributed by atoms with Crippen molar-refractivity contribution in [3.8, 4) is 5.75 Å². The Hall–Kier alpha value is -1.62. The lowest BCUT2D eigenvalue weighted by molar-refractivity contribution is 0.0692. The minimum absolute atomic E-state index is 0.0926. The highest BCUT2D eigenvalue weighted by molar-refractivity contribution is 6.34. The van der Waals surface area contributed by atoms with Crippen LogP contribution in [0.15, 0.2) is 6.07 Å². The molecule has 0 radical (unpaired) electrons. The second-order valence-electron chi connectivity index (χ2n) is 4.29. The van der Waals surface area contributed by atoms with Crippen LogP contribution in [-0.2, 0) is 0 Å². The van der Waals surface area contributed by atoms with Gasteiger partial charge in [-0.1, -0.05) is 11.6 Å². The Kier molecular flexibility index (Phi) is 3.52. The molecule has 0 spiro atoms. The fraction of sp³-hybridized carbons (Fsp3) is 0.417. The molecular formula is C12H15ClN2O3. The van der Waals surface area contributed by atoms with E-state index in [0.29, 0.717) is 23.1 Å². The van der Waals surface area contributed by atoms with Crippen LogP contribution in [0, 0.1) is 0 Å². The van der Waals surface area contributed by atoms with Gasteiger partial charge in [-0.25, -0.2) is 4.79 Å². The van der Waals surface area contributed by atoms with E-state index in [-0.39, 0.29) is 5.56 Å². The van der Waals surface area contributed by atoms with Gasteiger partial charge in [0, 0.05) is 20.6 Å². The summed E-state index contributed by atoms with van der Waals surface area (Å²) in [7, 11) is 3.71. The van der Waals surface area contributed by atoms with E-state index in [1.165, 1.54) is 6.07 Å². The number of rotatable bonds is 2. The Labute approximate surface area is 110 Å². The average Bonchev–Trinajstić information content (AvgIpc) is 2.52. The van der Waals surface area contributed by atoms with Crippen LogP contribution in [0.4, 0.5) is 11.4 Å². The first kappa shape index (κ1) is 12.8. The summed E-state index contributed by atoms with van der Waals surface area (Å²) in [6, 6.07) is 1.44. The van der Waals surface area contributed by atoms with E-state index in [1.807, 2.05) is 19.0 Å². The quantitative estimate of drug-likeness (QED) is 0.863. The highest BCUT2D eigenvalue weighted by Gasteiger charge is 2.24. The number of nitrogens with zero attached hydrogens (tertiary/aromatic N) is 1. The Morgan fingerprint density at radius 1 is 1.56 bits per heavy atom. The first-order valence-electron chi connectivity index (χ1n) is 5.66. The molecule has 1 aromatic carbocycles. The molecule has 2 rings (SSSR count). The number of nitrogens with one attached hydrogen (secondary N) is 1. The molecule has 1 aliphatic heterocycles. The molecule has 1 aliphatic rings. The molecule has 1 aromatic rings. The van der Waals surface area contributed by atoms with E-state index < -0.39 is 5.97 Å². The number of carboxylic acid groups (broad SMARTS) is 1. The molecule has 5 nitrogen and oxygen atoms in total. The van der Waals surface area contributed by atoms with Gasteiger partial charge in [0.2, 0.25) is 0 Å². The van der Waals surface area contributed by atoms with Gasteiger partial charge >= 0.3 is 5.97 Å². The third-order valence-electron chi connectivity index (χ3n) is 2.75. The van der Waals surface area contributed by atoms with Gasteiger partial charge in [-0.3, -0.25) is 0 Å². The van der Waals surface area contributed by atoms with Crippen molar-refractivity contribution in [2.24, 2.45) is 0 Å². The third kappa shape index (κ3) is 2.18. The van der Waals surface area contributed by atoms with E-state index in [1.54, 1.807) is 0 Å². The van der Waals surface area contributed by atoms with Crippen molar-refractivity contribution in [1.29, 1.82) is 0 Å². The molecule has 0 saturated heterocycles. The molecule has 2 N–H and O–H groups in total. The molecule has 1 heterocycles. The Balaban J connectivity index is 2.69. The number of anilines is 2. The molecule has 0 bridgehead atoms. The number of benzene rings is 1. The number of fused-ring (bicyclic) bond motifs is 1. The molecule has 0 amide bonds. The predicted octanol–water partition coefficient (Wildman–Crippen LogP) is 2.30. The van der Waals surface area contributed by atoms with E-state index in [4.69, 9.17) is 16.3 Å². The normalized spacial score (nSPS) is 13.9. The number of hydrogen-bond donors (Lipinski definition) is 2. The number of hydrogen-bond acceptors (Lipinski definition) is 4. The summed E-state index contributed by atoms with van der Waals surface area (Å²) in [4.78, 5) is 13.1. The predicted molar refractivity (Wildman–Crippen MR) is 71.3 cm³/mol. The van der Waals surface area contributed by atoms with E-state index in [9.17, 15) is 9.90 Å². The van der Waals surface area contributed by atoms with Crippen molar-refractivity contribution < 1.29 is 14.6 Å². The summed E-state index contributed by atoms with van der Waals surface area (Å²) in [6.45, 7) is 1.22. The smallest absolute Gasteiger partial charge is 0.339 e. The molecule has 0 fully saturated rings. The van der Waals surface area contributed by atoms with Crippen molar-refractivity contribution in [2.75, 3.05) is 37.5 Å². The first-order chi connectivity index (χ1) is 8.52. The van der Waals surface area contributed by atoms with Crippen molar-refractivity contribution in [1.82, 2.24) is 0 Å². The summed E-state index contributed by atoms with van der Waals surface area (Å²) in [6.07, 6.45) is 0.818. The van der Waals surface area contributed by atoms with Gasteiger partial charge in [0.15, 0.2) is 5.75 Å². The highest BCUT2D eigenvalue weighted by atomic mass is 35.5. The second kappa shape index (κ2) is 4.94. The Morgan fingerprint density at radius 3 is 2.89 bits per heavy atom. The largest absolute Gasteiger partial charge is 0.490 e. The van der Waals surface area contributed by atoms with Crippen LogP contribution in [0.3, 0.4) is 0 Å². The summed E-state index contributed by atoms with van der Waals surface area (Å²) in [5.41, 5.74) is 1.50. The zero-order chi connectivity index (χ0) is 13.3. The van der Waals surface area contributed by atoms with Gasteiger partial charge in [-0.2, -0.15) is 0 Å². The van der Waals surface area contributed by atoms with Crippen molar-refractivity contribution in [3.63, 3.8) is 0 Å². The third-order valence-corrected chi connectivity index (χ3v) is 3.04. The fourth-order valence-electron chi connectivity index (χ4n) is 1.99. The minimum Gasteiger partial charge on any atom is -0.490 e. The zero-order valence-corrected chi connectivity index (χ0v) is 11.0. The Bertz CT molecular complexity index is 489. The summed E-state index contributed by atoms with van der Waals surface area (Å²) in [5, 5.41) is 12.8. The van der Waals surface area contributed by atoms with E-state index in [2.05, 4.69) is 5.32 Å². The number of halogens is 1. The zero-order valence-electron chi connectivity index (χ0n) is 10.3. The lowest BCUT2D eigenvalue weighted by Crippen LogP contribution is -2.14. The molecule has 0 aliphatic carbocycles. The van der Waals surface area contributed by atoms with Crippen LogP contribution < -0.4 is 15.0 Å². The monoisotopic (exact) mass is 270 g/mol. The van der Waals surface area contributed by atoms with Crippen LogP contribution >= 0.6 is 11.6 Å². The Morgan fingerprint density at radius 2 is 2.28 bits per heavy atom. The maximum Gasteiger partial charge on any atom is 0.339 e. The SMILES string of the molecule is CN(C)c1c(Cl)cc(C(=O)O)c2c1NCCCO2. The van der Waals surface area contributed by atoms with Crippen molar-refractivity contribution in [2.45, 2.75) is 6.42 Å². The van der Waals surface area contributed by atoms with E-state index >= 15 is 0 Å². The van der Waals surface area contributed by atoms with Gasteiger partial charge in [-0.05, 0) is 12.5 Å². The maximum absolute atomic E-state index is 11.2. The number of ether oxygens (including phenoxy) is 1. The lowest BCUT2D eigenvalue weighted by Gasteiger charge is -2.22. The highest BCUT2D eigenvalue weighted by Crippen LogP contribution is 2.43. The van der Waals surface area contributed by atoms with Gasteiger partial charge in [0.1, 0.15) is 11.3 Å². The van der Waals surface area contributed by atoms with Crippen LogP contribution in [0.5, 0.6) is 5.75 Å². The van der Waals surface area contributed by atoms with E-state index in [0.717, 1.165) is 18.7 Å². The van der Waals surface area contributed by atoms with Gasteiger partial charge in [-0.15, -0.1) is 0 Å². The number of aromatic carboxylic acids is 1. The standard InChI is InChI=1S/C12H15ClN2O3/c1-15(2)10-8(13)6-7(12(16)17)11-9(10)14-4-3-5-18-11/h6,14H,3-5H2,1-2H3,(H,16,17). The average molecular weight is 271 g/mol. The van der Waals surface area contributed by atoms with Crippen LogP contribution in [0.2, 0.25) is 5.02 Å². The fourth-order valence-corrected chi connectivity index (χ4v) is 2.36. The number of carbonyl (C=O) groups is 1.